The lowest BCUT2D eigenvalue weighted by Crippen LogP contribution is -2.29. The molecule has 0 spiro atoms. The van der Waals surface area contributed by atoms with E-state index in [2.05, 4.69) is 4.89 Å². The minimum atomic E-state index is -1.06. The molecule has 0 saturated heterocycles. The number of hydrogen-bond donors (Lipinski definition) is 2. The molecule has 1 aliphatic heterocycles. The van der Waals surface area contributed by atoms with E-state index < -0.39 is 17.8 Å². The van der Waals surface area contributed by atoms with Gasteiger partial charge in [-0.3, -0.25) is 14.8 Å². The van der Waals surface area contributed by atoms with Gasteiger partial charge in [-0.25, -0.2) is 14.6 Å². The maximum absolute atomic E-state index is 12.6. The lowest BCUT2D eigenvalue weighted by Gasteiger charge is -2.13. The van der Waals surface area contributed by atoms with Crippen LogP contribution in [0, 0.1) is 0 Å². The van der Waals surface area contributed by atoms with Crippen LogP contribution in [0.3, 0.4) is 0 Å². The average Bonchev–Trinajstić information content (AvgIpc) is 2.85. The van der Waals surface area contributed by atoms with Crippen LogP contribution in [-0.4, -0.2) is 28.1 Å². The molecule has 7 heteroatoms. The van der Waals surface area contributed by atoms with Gasteiger partial charge in [0, 0.05) is 6.08 Å². The number of rotatable bonds is 5. The van der Waals surface area contributed by atoms with E-state index in [9.17, 15) is 14.4 Å². The zero-order valence-corrected chi connectivity index (χ0v) is 12.9. The van der Waals surface area contributed by atoms with Gasteiger partial charge in [-0.1, -0.05) is 18.2 Å². The van der Waals surface area contributed by atoms with Crippen LogP contribution in [0.2, 0.25) is 0 Å². The Hall–Kier alpha value is -3.29. The van der Waals surface area contributed by atoms with Gasteiger partial charge < -0.3 is 5.11 Å². The molecule has 7 nitrogen and oxygen atoms in total. The Morgan fingerprint density at radius 2 is 1.72 bits per heavy atom. The van der Waals surface area contributed by atoms with Crippen molar-refractivity contribution in [3.63, 3.8) is 0 Å². The molecular formula is C18H13NO6. The Morgan fingerprint density at radius 3 is 2.36 bits per heavy atom. The van der Waals surface area contributed by atoms with Crippen LogP contribution in [0.25, 0.3) is 6.08 Å². The highest BCUT2D eigenvalue weighted by atomic mass is 17.1. The normalized spacial score (nSPS) is 13.6. The SMILES string of the molecule is O=C(O)C=Cc1ccc(N2C(=O)c3ccc(COO)cc3C2=O)cc1. The van der Waals surface area contributed by atoms with E-state index in [-0.39, 0.29) is 17.7 Å². The van der Waals surface area contributed by atoms with E-state index >= 15 is 0 Å². The van der Waals surface area contributed by atoms with Crippen LogP contribution in [-0.2, 0) is 16.3 Å². The van der Waals surface area contributed by atoms with Crippen molar-refractivity contribution in [3.8, 4) is 0 Å². The van der Waals surface area contributed by atoms with E-state index in [1.165, 1.54) is 18.2 Å². The predicted octanol–water partition coefficient (Wildman–Crippen LogP) is 2.57. The van der Waals surface area contributed by atoms with Gasteiger partial charge in [-0.05, 0) is 41.5 Å². The molecule has 0 bridgehead atoms. The number of amides is 2. The average molecular weight is 339 g/mol. The fraction of sp³-hybridized carbons (Fsp3) is 0.0556. The molecule has 25 heavy (non-hydrogen) atoms. The lowest BCUT2D eigenvalue weighted by molar-refractivity contribution is -0.253. The molecule has 0 aromatic heterocycles. The lowest BCUT2D eigenvalue weighted by atomic mass is 10.1. The van der Waals surface area contributed by atoms with Gasteiger partial charge in [-0.15, -0.1) is 0 Å². The molecule has 0 saturated carbocycles. The number of carbonyl (C=O) groups excluding carboxylic acids is 2. The Kier molecular flexibility index (Phi) is 4.42. The minimum absolute atomic E-state index is 0.0840. The van der Waals surface area contributed by atoms with E-state index in [0.717, 1.165) is 11.0 Å². The Morgan fingerprint density at radius 1 is 1.04 bits per heavy atom. The summed E-state index contributed by atoms with van der Waals surface area (Å²) in [6.07, 6.45) is 2.41. The first-order valence-corrected chi connectivity index (χ1v) is 7.30. The number of imide groups is 1. The van der Waals surface area contributed by atoms with E-state index in [4.69, 9.17) is 10.4 Å². The molecule has 2 N–H and O–H groups in total. The highest BCUT2D eigenvalue weighted by Crippen LogP contribution is 2.29. The summed E-state index contributed by atoms with van der Waals surface area (Å²) in [5.74, 6) is -1.97. The van der Waals surface area contributed by atoms with Gasteiger partial charge in [-0.2, -0.15) is 0 Å². The Bertz CT molecular complexity index is 885. The topological polar surface area (TPSA) is 104 Å². The summed E-state index contributed by atoms with van der Waals surface area (Å²) in [4.78, 5) is 40.7. The van der Waals surface area contributed by atoms with Crippen LogP contribution >= 0.6 is 0 Å². The number of nitrogens with zero attached hydrogens (tertiary/aromatic N) is 1. The maximum atomic E-state index is 12.6. The summed E-state index contributed by atoms with van der Waals surface area (Å²) >= 11 is 0. The molecule has 126 valence electrons. The maximum Gasteiger partial charge on any atom is 0.328 e. The molecule has 1 heterocycles. The Balaban J connectivity index is 1.90. The number of anilines is 1. The molecule has 0 atom stereocenters. The third kappa shape index (κ3) is 3.18. The monoisotopic (exact) mass is 339 g/mol. The van der Waals surface area contributed by atoms with Crippen molar-refractivity contribution in [3.05, 3.63) is 70.8 Å². The second-order valence-electron chi connectivity index (χ2n) is 5.36. The van der Waals surface area contributed by atoms with Crippen LogP contribution in [0.1, 0.15) is 31.8 Å². The van der Waals surface area contributed by atoms with Crippen LogP contribution in [0.15, 0.2) is 48.5 Å². The van der Waals surface area contributed by atoms with E-state index in [1.54, 1.807) is 30.3 Å². The van der Waals surface area contributed by atoms with Gasteiger partial charge in [0.05, 0.1) is 16.8 Å². The Labute approximate surface area is 142 Å². The summed E-state index contributed by atoms with van der Waals surface area (Å²) in [5, 5.41) is 17.1. The van der Waals surface area contributed by atoms with E-state index in [0.29, 0.717) is 16.8 Å². The predicted molar refractivity (Wildman–Crippen MR) is 88.1 cm³/mol. The summed E-state index contributed by atoms with van der Waals surface area (Å²) in [7, 11) is 0. The van der Waals surface area contributed by atoms with Crippen molar-refractivity contribution < 1.29 is 29.6 Å². The zero-order valence-electron chi connectivity index (χ0n) is 12.9. The fourth-order valence-electron chi connectivity index (χ4n) is 2.59. The largest absolute Gasteiger partial charge is 0.478 e. The number of carbonyl (C=O) groups is 3. The van der Waals surface area contributed by atoms with Crippen molar-refractivity contribution in [1.82, 2.24) is 0 Å². The molecular weight excluding hydrogens is 326 g/mol. The minimum Gasteiger partial charge on any atom is -0.478 e. The second-order valence-corrected chi connectivity index (χ2v) is 5.36. The van der Waals surface area contributed by atoms with Crippen LogP contribution in [0.4, 0.5) is 5.69 Å². The highest BCUT2D eigenvalue weighted by Gasteiger charge is 2.36. The number of carboxylic acids is 1. The molecule has 0 fully saturated rings. The molecule has 0 aliphatic carbocycles. The number of benzene rings is 2. The van der Waals surface area contributed by atoms with Gasteiger partial charge >= 0.3 is 5.97 Å². The van der Waals surface area contributed by atoms with Gasteiger partial charge in [0.25, 0.3) is 11.8 Å². The van der Waals surface area contributed by atoms with Crippen molar-refractivity contribution in [2.45, 2.75) is 6.61 Å². The first-order valence-electron chi connectivity index (χ1n) is 7.30. The van der Waals surface area contributed by atoms with Crippen LogP contribution in [0.5, 0.6) is 0 Å². The molecule has 2 aromatic rings. The first kappa shape index (κ1) is 16.6. The van der Waals surface area contributed by atoms with Crippen molar-refractivity contribution in [1.29, 1.82) is 0 Å². The molecule has 2 aromatic carbocycles. The third-order valence-corrected chi connectivity index (χ3v) is 3.75. The third-order valence-electron chi connectivity index (χ3n) is 3.75. The second kappa shape index (κ2) is 6.68. The van der Waals surface area contributed by atoms with Crippen molar-refractivity contribution in [2.75, 3.05) is 4.90 Å². The van der Waals surface area contributed by atoms with Crippen LogP contribution < -0.4 is 4.90 Å². The summed E-state index contributed by atoms with van der Waals surface area (Å²) in [5.41, 5.74) is 2.11. The highest BCUT2D eigenvalue weighted by molar-refractivity contribution is 6.34. The summed E-state index contributed by atoms with van der Waals surface area (Å²) < 4.78 is 0. The quantitative estimate of drug-likeness (QED) is 0.375. The number of hydrogen-bond acceptors (Lipinski definition) is 5. The summed E-state index contributed by atoms with van der Waals surface area (Å²) in [6.45, 7) is -0.0840. The van der Waals surface area contributed by atoms with Gasteiger partial charge in [0.1, 0.15) is 6.61 Å². The van der Waals surface area contributed by atoms with Crippen molar-refractivity contribution in [2.24, 2.45) is 0 Å². The number of carboxylic acid groups (broad SMARTS) is 1. The van der Waals surface area contributed by atoms with Gasteiger partial charge in [0.2, 0.25) is 0 Å². The van der Waals surface area contributed by atoms with E-state index in [1.807, 2.05) is 0 Å². The summed E-state index contributed by atoms with van der Waals surface area (Å²) in [6, 6.07) is 11.0. The molecule has 3 rings (SSSR count). The fourth-order valence-corrected chi connectivity index (χ4v) is 2.59. The zero-order chi connectivity index (χ0) is 18.0. The smallest absolute Gasteiger partial charge is 0.328 e. The molecule has 2 amide bonds. The van der Waals surface area contributed by atoms with Gasteiger partial charge in [0.15, 0.2) is 0 Å². The standard InChI is InChI=1S/C18H13NO6/c20-16(21)8-4-11-1-5-13(6-2-11)19-17(22)14-7-3-12(10-25-24)9-15(14)18(19)23/h1-9,24H,10H2,(H,20,21). The molecule has 0 unspecified atom stereocenters. The molecule has 1 aliphatic rings. The van der Waals surface area contributed by atoms with Crippen molar-refractivity contribution >= 4 is 29.5 Å². The first-order chi connectivity index (χ1) is 12.0. The number of aliphatic carboxylic acids is 1. The molecule has 0 radical (unpaired) electrons. The number of fused-ring (bicyclic) bond motifs is 1.